The number of hydrogen-bond donors (Lipinski definition) is 2. The average Bonchev–Trinajstić information content (AvgIpc) is 2.33. The maximum absolute atomic E-state index is 11.7. The smallest absolute Gasteiger partial charge is 0.340 e. The molecule has 100 valence electrons. The number of unbranched alkanes of at least 4 members (excludes halogenated alkanes) is 1. The summed E-state index contributed by atoms with van der Waals surface area (Å²) in [6, 6.07) is 4.71. The third kappa shape index (κ3) is 4.63. The van der Waals surface area contributed by atoms with Crippen LogP contribution in [0.5, 0.6) is 0 Å². The number of carbonyl (C=O) groups excluding carboxylic acids is 1. The number of nitrogen functional groups attached to an aromatic ring is 2. The predicted octanol–water partition coefficient (Wildman–Crippen LogP) is 1.82. The molecule has 0 aliphatic heterocycles. The van der Waals surface area contributed by atoms with Gasteiger partial charge in [-0.15, -0.1) is 0 Å². The Balaban J connectivity index is 2.32. The van der Waals surface area contributed by atoms with Crippen molar-refractivity contribution >= 4 is 17.3 Å². The van der Waals surface area contributed by atoms with Crippen molar-refractivity contribution in [3.05, 3.63) is 23.8 Å². The average molecular weight is 252 g/mol. The Labute approximate surface area is 107 Å². The number of ether oxygens (including phenoxy) is 2. The maximum Gasteiger partial charge on any atom is 0.340 e. The zero-order valence-electron chi connectivity index (χ0n) is 10.6. The first kappa shape index (κ1) is 14.3. The number of nitrogens with two attached hydrogens (primary N) is 2. The van der Waals surface area contributed by atoms with E-state index in [4.69, 9.17) is 20.9 Å². The fraction of sp³-hybridized carbons (Fsp3) is 0.462. The van der Waals surface area contributed by atoms with Crippen LogP contribution in [-0.4, -0.2) is 25.8 Å². The highest BCUT2D eigenvalue weighted by Crippen LogP contribution is 2.16. The minimum atomic E-state index is -0.452. The summed E-state index contributed by atoms with van der Waals surface area (Å²) in [6.45, 7) is 3.41. The normalized spacial score (nSPS) is 10.3. The first-order valence-corrected chi connectivity index (χ1v) is 6.05. The van der Waals surface area contributed by atoms with Crippen molar-refractivity contribution in [1.82, 2.24) is 0 Å². The zero-order valence-corrected chi connectivity index (χ0v) is 10.6. The van der Waals surface area contributed by atoms with Crippen LogP contribution in [-0.2, 0) is 9.47 Å². The molecule has 0 atom stereocenters. The summed E-state index contributed by atoms with van der Waals surface area (Å²) in [7, 11) is 0. The van der Waals surface area contributed by atoms with Crippen molar-refractivity contribution in [1.29, 1.82) is 0 Å². The van der Waals surface area contributed by atoms with E-state index in [2.05, 4.69) is 6.92 Å². The summed E-state index contributed by atoms with van der Waals surface area (Å²) in [4.78, 5) is 11.7. The van der Waals surface area contributed by atoms with Gasteiger partial charge in [-0.3, -0.25) is 0 Å². The summed E-state index contributed by atoms with van der Waals surface area (Å²) < 4.78 is 10.3. The van der Waals surface area contributed by atoms with Gasteiger partial charge in [-0.25, -0.2) is 4.79 Å². The molecule has 0 fully saturated rings. The molecule has 0 radical (unpaired) electrons. The maximum atomic E-state index is 11.7. The van der Waals surface area contributed by atoms with Crippen LogP contribution in [0.25, 0.3) is 0 Å². The van der Waals surface area contributed by atoms with Gasteiger partial charge in [-0.1, -0.05) is 13.3 Å². The molecule has 0 saturated heterocycles. The monoisotopic (exact) mass is 252 g/mol. The van der Waals surface area contributed by atoms with E-state index in [1.807, 2.05) is 0 Å². The summed E-state index contributed by atoms with van der Waals surface area (Å²) >= 11 is 0. The zero-order chi connectivity index (χ0) is 13.4. The molecule has 18 heavy (non-hydrogen) atoms. The number of esters is 1. The highest BCUT2D eigenvalue weighted by atomic mass is 16.6. The van der Waals surface area contributed by atoms with Crippen LogP contribution in [0.1, 0.15) is 30.1 Å². The Morgan fingerprint density at radius 3 is 2.67 bits per heavy atom. The van der Waals surface area contributed by atoms with E-state index in [-0.39, 0.29) is 6.61 Å². The van der Waals surface area contributed by atoms with Gasteiger partial charge in [-0.2, -0.15) is 0 Å². The second-order valence-corrected chi connectivity index (χ2v) is 3.95. The molecule has 0 aliphatic rings. The minimum Gasteiger partial charge on any atom is -0.460 e. The van der Waals surface area contributed by atoms with E-state index in [0.717, 1.165) is 12.8 Å². The number of hydrogen-bond acceptors (Lipinski definition) is 5. The number of rotatable bonds is 7. The lowest BCUT2D eigenvalue weighted by atomic mass is 10.1. The summed E-state index contributed by atoms with van der Waals surface area (Å²) in [5.74, 6) is -0.452. The SMILES string of the molecule is CCCCOCCOC(=O)c1ccc(N)cc1N. The predicted molar refractivity (Wildman–Crippen MR) is 71.3 cm³/mol. The van der Waals surface area contributed by atoms with Crippen LogP contribution in [0, 0.1) is 0 Å². The molecule has 5 nitrogen and oxygen atoms in total. The van der Waals surface area contributed by atoms with E-state index >= 15 is 0 Å². The van der Waals surface area contributed by atoms with Gasteiger partial charge in [0.2, 0.25) is 0 Å². The van der Waals surface area contributed by atoms with Gasteiger partial charge in [0.05, 0.1) is 12.2 Å². The third-order valence-electron chi connectivity index (χ3n) is 2.40. The molecular formula is C13H20N2O3. The van der Waals surface area contributed by atoms with Crippen molar-refractivity contribution < 1.29 is 14.3 Å². The Morgan fingerprint density at radius 1 is 1.22 bits per heavy atom. The molecule has 0 aromatic heterocycles. The molecule has 0 unspecified atom stereocenters. The van der Waals surface area contributed by atoms with E-state index < -0.39 is 5.97 Å². The van der Waals surface area contributed by atoms with Gasteiger partial charge in [0.25, 0.3) is 0 Å². The second-order valence-electron chi connectivity index (χ2n) is 3.95. The number of anilines is 2. The lowest BCUT2D eigenvalue weighted by Gasteiger charge is -2.08. The van der Waals surface area contributed by atoms with E-state index in [0.29, 0.717) is 30.2 Å². The molecule has 0 bridgehead atoms. The Bertz CT molecular complexity index is 394. The van der Waals surface area contributed by atoms with E-state index in [1.54, 1.807) is 12.1 Å². The Morgan fingerprint density at radius 2 is 2.00 bits per heavy atom. The lowest BCUT2D eigenvalue weighted by molar-refractivity contribution is 0.0315. The largest absolute Gasteiger partial charge is 0.460 e. The highest BCUT2D eigenvalue weighted by molar-refractivity contribution is 5.95. The van der Waals surface area contributed by atoms with Crippen molar-refractivity contribution in [2.45, 2.75) is 19.8 Å². The molecule has 5 heteroatoms. The van der Waals surface area contributed by atoms with Gasteiger partial charge in [0.1, 0.15) is 6.61 Å². The molecule has 0 saturated carbocycles. The van der Waals surface area contributed by atoms with Crippen molar-refractivity contribution in [3.63, 3.8) is 0 Å². The topological polar surface area (TPSA) is 87.6 Å². The fourth-order valence-corrected chi connectivity index (χ4v) is 1.39. The highest BCUT2D eigenvalue weighted by Gasteiger charge is 2.10. The standard InChI is InChI=1S/C13H20N2O3/c1-2-3-6-17-7-8-18-13(16)11-5-4-10(14)9-12(11)15/h4-5,9H,2-3,6-8,14-15H2,1H3. The van der Waals surface area contributed by atoms with Gasteiger partial charge in [0, 0.05) is 18.0 Å². The van der Waals surface area contributed by atoms with Crippen molar-refractivity contribution in [3.8, 4) is 0 Å². The molecule has 4 N–H and O–H groups in total. The summed E-state index contributed by atoms with van der Waals surface area (Å²) in [5, 5.41) is 0. The van der Waals surface area contributed by atoms with Crippen molar-refractivity contribution in [2.24, 2.45) is 0 Å². The summed E-state index contributed by atoms with van der Waals surface area (Å²) in [5.41, 5.74) is 12.4. The lowest BCUT2D eigenvalue weighted by Crippen LogP contribution is -2.13. The minimum absolute atomic E-state index is 0.229. The van der Waals surface area contributed by atoms with Crippen molar-refractivity contribution in [2.75, 3.05) is 31.3 Å². The summed E-state index contributed by atoms with van der Waals surface area (Å²) in [6.07, 6.45) is 2.10. The van der Waals surface area contributed by atoms with E-state index in [1.165, 1.54) is 6.07 Å². The molecular weight excluding hydrogens is 232 g/mol. The molecule has 0 amide bonds. The van der Waals surface area contributed by atoms with Crippen LogP contribution < -0.4 is 11.5 Å². The van der Waals surface area contributed by atoms with Gasteiger partial charge in [0.15, 0.2) is 0 Å². The molecule has 0 heterocycles. The number of carbonyl (C=O) groups is 1. The van der Waals surface area contributed by atoms with Crippen LogP contribution in [0.3, 0.4) is 0 Å². The molecule has 1 aromatic carbocycles. The molecule has 0 spiro atoms. The quantitative estimate of drug-likeness (QED) is 0.439. The molecule has 0 aliphatic carbocycles. The Kier molecular flexibility index (Phi) is 6.00. The van der Waals surface area contributed by atoms with Gasteiger partial charge < -0.3 is 20.9 Å². The fourth-order valence-electron chi connectivity index (χ4n) is 1.39. The number of benzene rings is 1. The van der Waals surface area contributed by atoms with Crippen LogP contribution >= 0.6 is 0 Å². The van der Waals surface area contributed by atoms with Crippen LogP contribution in [0.4, 0.5) is 11.4 Å². The van der Waals surface area contributed by atoms with E-state index in [9.17, 15) is 4.79 Å². The molecule has 1 rings (SSSR count). The first-order valence-electron chi connectivity index (χ1n) is 6.05. The third-order valence-corrected chi connectivity index (χ3v) is 2.40. The van der Waals surface area contributed by atoms with Gasteiger partial charge in [-0.05, 0) is 24.6 Å². The second kappa shape index (κ2) is 7.55. The first-order chi connectivity index (χ1) is 8.65. The molecule has 1 aromatic rings. The van der Waals surface area contributed by atoms with Crippen LogP contribution in [0.2, 0.25) is 0 Å². The van der Waals surface area contributed by atoms with Crippen LogP contribution in [0.15, 0.2) is 18.2 Å². The van der Waals surface area contributed by atoms with Gasteiger partial charge >= 0.3 is 5.97 Å². The Hall–Kier alpha value is -1.75.